The third-order valence-electron chi connectivity index (χ3n) is 3.91. The van der Waals surface area contributed by atoms with E-state index in [4.69, 9.17) is 0 Å². The Morgan fingerprint density at radius 2 is 2.22 bits per heavy atom. The number of nitrogens with one attached hydrogen (secondary N) is 1. The molecule has 1 aliphatic heterocycles. The second-order valence-corrected chi connectivity index (χ2v) is 5.35. The molecule has 18 heavy (non-hydrogen) atoms. The highest BCUT2D eigenvalue weighted by Crippen LogP contribution is 2.20. The van der Waals surface area contributed by atoms with E-state index in [0.717, 1.165) is 37.5 Å². The molecule has 3 heteroatoms. The molecule has 2 atom stereocenters. The first kappa shape index (κ1) is 13.5. The minimum absolute atomic E-state index is 0.0738. The van der Waals surface area contributed by atoms with Crippen molar-refractivity contribution in [3.8, 4) is 0 Å². The first-order valence-corrected chi connectivity index (χ1v) is 6.82. The van der Waals surface area contributed by atoms with Gasteiger partial charge in [0, 0.05) is 12.6 Å². The van der Waals surface area contributed by atoms with Crippen LogP contribution in [0.2, 0.25) is 0 Å². The predicted molar refractivity (Wildman–Crippen MR) is 73.2 cm³/mol. The highest BCUT2D eigenvalue weighted by atomic mass is 19.1. The zero-order valence-corrected chi connectivity index (χ0v) is 11.3. The summed E-state index contributed by atoms with van der Waals surface area (Å²) in [5.41, 5.74) is 0.835. The Kier molecular flexibility index (Phi) is 4.72. The van der Waals surface area contributed by atoms with Crippen LogP contribution >= 0.6 is 0 Å². The van der Waals surface area contributed by atoms with Crippen LogP contribution in [0, 0.1) is 11.7 Å². The summed E-state index contributed by atoms with van der Waals surface area (Å²) in [6.45, 7) is 5.57. The summed E-state index contributed by atoms with van der Waals surface area (Å²) in [4.78, 5) is 2.48. The minimum atomic E-state index is -0.0738. The Morgan fingerprint density at radius 1 is 1.44 bits per heavy atom. The van der Waals surface area contributed by atoms with Gasteiger partial charge in [0.2, 0.25) is 0 Å². The third-order valence-corrected chi connectivity index (χ3v) is 3.91. The van der Waals surface area contributed by atoms with Gasteiger partial charge in [-0.15, -0.1) is 0 Å². The minimum Gasteiger partial charge on any atom is -0.319 e. The van der Waals surface area contributed by atoms with E-state index in [1.165, 1.54) is 6.42 Å². The average Bonchev–Trinajstić information content (AvgIpc) is 2.81. The van der Waals surface area contributed by atoms with Gasteiger partial charge in [0.15, 0.2) is 0 Å². The van der Waals surface area contributed by atoms with Gasteiger partial charge >= 0.3 is 0 Å². The van der Waals surface area contributed by atoms with Crippen molar-refractivity contribution in [1.29, 1.82) is 0 Å². The van der Waals surface area contributed by atoms with E-state index in [1.54, 1.807) is 12.1 Å². The maximum atomic E-state index is 13.6. The Morgan fingerprint density at radius 3 is 2.94 bits per heavy atom. The van der Waals surface area contributed by atoms with Crippen molar-refractivity contribution in [2.75, 3.05) is 26.7 Å². The molecule has 2 nitrogen and oxygen atoms in total. The quantitative estimate of drug-likeness (QED) is 0.862. The van der Waals surface area contributed by atoms with Crippen molar-refractivity contribution in [1.82, 2.24) is 10.2 Å². The van der Waals surface area contributed by atoms with Crippen molar-refractivity contribution in [2.45, 2.75) is 25.8 Å². The molecule has 0 aromatic heterocycles. The van der Waals surface area contributed by atoms with E-state index in [-0.39, 0.29) is 5.82 Å². The number of benzene rings is 1. The van der Waals surface area contributed by atoms with E-state index in [2.05, 4.69) is 17.1 Å². The van der Waals surface area contributed by atoms with Crippen molar-refractivity contribution < 1.29 is 4.39 Å². The lowest BCUT2D eigenvalue weighted by Crippen LogP contribution is -2.33. The summed E-state index contributed by atoms with van der Waals surface area (Å²) in [6.07, 6.45) is 2.06. The molecule has 2 rings (SSSR count). The Bertz CT molecular complexity index is 381. The van der Waals surface area contributed by atoms with Crippen molar-refractivity contribution in [3.05, 3.63) is 35.6 Å². The molecule has 1 fully saturated rings. The van der Waals surface area contributed by atoms with Crippen LogP contribution in [-0.4, -0.2) is 37.6 Å². The van der Waals surface area contributed by atoms with E-state index in [0.29, 0.717) is 6.04 Å². The highest BCUT2D eigenvalue weighted by molar-refractivity contribution is 5.18. The Balaban J connectivity index is 1.89. The first-order valence-electron chi connectivity index (χ1n) is 6.82. The Hall–Kier alpha value is -0.930. The molecule has 1 heterocycles. The van der Waals surface area contributed by atoms with Crippen LogP contribution in [0.1, 0.15) is 18.9 Å². The summed E-state index contributed by atoms with van der Waals surface area (Å²) in [7, 11) is 2.01. The summed E-state index contributed by atoms with van der Waals surface area (Å²) < 4.78 is 13.6. The first-order chi connectivity index (χ1) is 8.70. The molecule has 0 amide bonds. The van der Waals surface area contributed by atoms with Gasteiger partial charge in [-0.2, -0.15) is 0 Å². The second-order valence-electron chi connectivity index (χ2n) is 5.35. The second kappa shape index (κ2) is 6.30. The van der Waals surface area contributed by atoms with Gasteiger partial charge in [-0.05, 0) is 57.5 Å². The van der Waals surface area contributed by atoms with Crippen LogP contribution in [0.4, 0.5) is 4.39 Å². The normalized spacial score (nSPS) is 22.3. The van der Waals surface area contributed by atoms with Crippen molar-refractivity contribution in [2.24, 2.45) is 5.92 Å². The molecule has 1 N–H and O–H groups in total. The molecule has 0 bridgehead atoms. The SMILES string of the molecule is CNCC1CCN(C(C)Cc2ccccc2F)C1. The lowest BCUT2D eigenvalue weighted by Gasteiger charge is -2.24. The molecule has 0 aliphatic carbocycles. The number of rotatable bonds is 5. The molecule has 2 unspecified atom stereocenters. The molecule has 100 valence electrons. The average molecular weight is 250 g/mol. The zero-order valence-electron chi connectivity index (χ0n) is 11.3. The van der Waals surface area contributed by atoms with Crippen LogP contribution in [-0.2, 0) is 6.42 Å². The molecule has 1 aromatic carbocycles. The van der Waals surface area contributed by atoms with Crippen LogP contribution in [0.25, 0.3) is 0 Å². The standard InChI is InChI=1S/C15H23FN2/c1-12(9-14-5-3-4-6-15(14)16)18-8-7-13(11-18)10-17-2/h3-6,12-13,17H,7-11H2,1-2H3. The van der Waals surface area contributed by atoms with Gasteiger partial charge in [-0.25, -0.2) is 4.39 Å². The van der Waals surface area contributed by atoms with Crippen LogP contribution in [0.15, 0.2) is 24.3 Å². The van der Waals surface area contributed by atoms with Crippen LogP contribution in [0.5, 0.6) is 0 Å². The van der Waals surface area contributed by atoms with Crippen molar-refractivity contribution >= 4 is 0 Å². The van der Waals surface area contributed by atoms with Gasteiger partial charge in [0.25, 0.3) is 0 Å². The lowest BCUT2D eigenvalue weighted by molar-refractivity contribution is 0.246. The van der Waals surface area contributed by atoms with Crippen LogP contribution < -0.4 is 5.32 Å². The van der Waals surface area contributed by atoms with Crippen molar-refractivity contribution in [3.63, 3.8) is 0 Å². The number of likely N-dealkylation sites (tertiary alicyclic amines) is 1. The fourth-order valence-corrected chi connectivity index (χ4v) is 2.83. The van der Waals surface area contributed by atoms with E-state index >= 15 is 0 Å². The Labute approximate surface area is 109 Å². The summed E-state index contributed by atoms with van der Waals surface area (Å²) >= 11 is 0. The fourth-order valence-electron chi connectivity index (χ4n) is 2.83. The number of halogens is 1. The monoisotopic (exact) mass is 250 g/mol. The van der Waals surface area contributed by atoms with Crippen LogP contribution in [0.3, 0.4) is 0 Å². The lowest BCUT2D eigenvalue weighted by atomic mass is 10.1. The molecule has 0 spiro atoms. The summed E-state index contributed by atoms with van der Waals surface area (Å²) in [5, 5.41) is 3.24. The zero-order chi connectivity index (χ0) is 13.0. The smallest absolute Gasteiger partial charge is 0.126 e. The van der Waals surface area contributed by atoms with Gasteiger partial charge in [0.1, 0.15) is 5.82 Å². The third kappa shape index (κ3) is 3.30. The summed E-state index contributed by atoms with van der Waals surface area (Å²) in [5.74, 6) is 0.674. The van der Waals surface area contributed by atoms with Gasteiger partial charge in [-0.3, -0.25) is 4.90 Å². The van der Waals surface area contributed by atoms with Gasteiger partial charge < -0.3 is 5.32 Å². The largest absolute Gasteiger partial charge is 0.319 e. The maximum absolute atomic E-state index is 13.6. The molecule has 1 aromatic rings. The molecular weight excluding hydrogens is 227 g/mol. The molecular formula is C15H23FN2. The van der Waals surface area contributed by atoms with E-state index in [9.17, 15) is 4.39 Å². The molecule has 0 radical (unpaired) electrons. The van der Waals surface area contributed by atoms with E-state index in [1.807, 2.05) is 19.2 Å². The number of nitrogens with zero attached hydrogens (tertiary/aromatic N) is 1. The van der Waals surface area contributed by atoms with E-state index < -0.39 is 0 Å². The fraction of sp³-hybridized carbons (Fsp3) is 0.600. The summed E-state index contributed by atoms with van der Waals surface area (Å²) in [6, 6.07) is 7.54. The topological polar surface area (TPSA) is 15.3 Å². The molecule has 1 saturated heterocycles. The number of hydrogen-bond donors (Lipinski definition) is 1. The molecule has 1 aliphatic rings. The molecule has 0 saturated carbocycles. The van der Waals surface area contributed by atoms with Gasteiger partial charge in [0.05, 0.1) is 0 Å². The number of hydrogen-bond acceptors (Lipinski definition) is 2. The van der Waals surface area contributed by atoms with Gasteiger partial charge in [-0.1, -0.05) is 18.2 Å². The highest BCUT2D eigenvalue weighted by Gasteiger charge is 2.25. The predicted octanol–water partition coefficient (Wildman–Crippen LogP) is 2.30. The maximum Gasteiger partial charge on any atom is 0.126 e.